The van der Waals surface area contributed by atoms with Gasteiger partial charge in [-0.3, -0.25) is 0 Å². The van der Waals surface area contributed by atoms with Crippen molar-refractivity contribution in [2.45, 2.75) is 11.5 Å². The zero-order valence-corrected chi connectivity index (χ0v) is 11.7. The van der Waals surface area contributed by atoms with Crippen LogP contribution in [0.1, 0.15) is 5.56 Å². The zero-order valence-electron chi connectivity index (χ0n) is 11.7. The lowest BCUT2D eigenvalue weighted by molar-refractivity contribution is -0.146. The van der Waals surface area contributed by atoms with Gasteiger partial charge in [0.2, 0.25) is 0 Å². The van der Waals surface area contributed by atoms with Gasteiger partial charge in [-0.25, -0.2) is 0 Å². The first-order chi connectivity index (χ1) is 9.22. The van der Waals surface area contributed by atoms with Gasteiger partial charge in [-0.05, 0) is 17.7 Å². The van der Waals surface area contributed by atoms with Gasteiger partial charge in [-0.15, -0.1) is 0 Å². The third-order valence-corrected chi connectivity index (χ3v) is 4.22. The van der Waals surface area contributed by atoms with Gasteiger partial charge in [0.1, 0.15) is 0 Å². The van der Waals surface area contributed by atoms with Crippen molar-refractivity contribution in [2.24, 2.45) is 0 Å². The highest BCUT2D eigenvalue weighted by Crippen LogP contribution is 2.38. The Hall–Kier alpha value is -1.10. The monoisotopic (exact) mass is 262 g/mol. The van der Waals surface area contributed by atoms with Crippen LogP contribution in [0.2, 0.25) is 0 Å². The van der Waals surface area contributed by atoms with Crippen molar-refractivity contribution in [1.82, 2.24) is 5.32 Å². The van der Waals surface area contributed by atoms with Crippen molar-refractivity contribution in [3.05, 3.63) is 29.8 Å². The summed E-state index contributed by atoms with van der Waals surface area (Å²) in [6.45, 7) is 4.19. The molecule has 0 aliphatic carbocycles. The summed E-state index contributed by atoms with van der Waals surface area (Å²) in [4.78, 5) is 2.12. The van der Waals surface area contributed by atoms with Crippen molar-refractivity contribution < 1.29 is 9.47 Å². The van der Waals surface area contributed by atoms with E-state index in [0.29, 0.717) is 0 Å². The summed E-state index contributed by atoms with van der Waals surface area (Å²) in [6, 6.07) is 8.78. The smallest absolute Gasteiger partial charge is 0.0841 e. The van der Waals surface area contributed by atoms with Crippen LogP contribution in [0, 0.1) is 0 Å². The van der Waals surface area contributed by atoms with Crippen molar-refractivity contribution in [2.75, 3.05) is 51.9 Å². The summed E-state index contributed by atoms with van der Waals surface area (Å²) >= 11 is 0. The summed E-state index contributed by atoms with van der Waals surface area (Å²) in [5, 5.41) is 3.42. The van der Waals surface area contributed by atoms with Gasteiger partial charge in [0.15, 0.2) is 0 Å². The van der Waals surface area contributed by atoms with E-state index in [4.69, 9.17) is 9.47 Å². The molecule has 1 aromatic rings. The fraction of sp³-hybridized carbons (Fsp3) is 0.600. The quantitative estimate of drug-likeness (QED) is 0.881. The van der Waals surface area contributed by atoms with E-state index in [9.17, 15) is 0 Å². The molecular formula is C15H22N2O2. The third kappa shape index (κ3) is 2.24. The lowest BCUT2D eigenvalue weighted by Gasteiger charge is -2.48. The highest BCUT2D eigenvalue weighted by atomic mass is 16.5. The number of benzene rings is 1. The van der Waals surface area contributed by atoms with E-state index < -0.39 is 0 Å². The van der Waals surface area contributed by atoms with Crippen LogP contribution in [0.5, 0.6) is 0 Å². The molecule has 0 bridgehead atoms. The summed E-state index contributed by atoms with van der Waals surface area (Å²) in [7, 11) is 4.12. The number of nitrogens with zero attached hydrogens (tertiary/aromatic N) is 1. The molecule has 1 N–H and O–H groups in total. The average molecular weight is 262 g/mol. The predicted molar refractivity (Wildman–Crippen MR) is 75.9 cm³/mol. The van der Waals surface area contributed by atoms with Gasteiger partial charge in [0.25, 0.3) is 0 Å². The topological polar surface area (TPSA) is 33.7 Å². The van der Waals surface area contributed by atoms with Crippen molar-refractivity contribution in [3.8, 4) is 0 Å². The molecule has 0 saturated carbocycles. The Kier molecular flexibility index (Phi) is 3.48. The maximum absolute atomic E-state index is 5.96. The molecule has 2 aliphatic rings. The molecule has 3 rings (SSSR count). The molecular weight excluding hydrogens is 240 g/mol. The van der Waals surface area contributed by atoms with Crippen molar-refractivity contribution >= 4 is 5.69 Å². The number of ether oxygens (including phenoxy) is 2. The number of rotatable bonds is 3. The minimum Gasteiger partial charge on any atom is -0.379 e. The van der Waals surface area contributed by atoms with Gasteiger partial charge in [0.05, 0.1) is 31.3 Å². The van der Waals surface area contributed by atoms with Gasteiger partial charge in [-0.2, -0.15) is 0 Å². The molecule has 4 heteroatoms. The molecule has 1 unspecified atom stereocenters. The Morgan fingerprint density at radius 2 is 1.95 bits per heavy atom. The average Bonchev–Trinajstić information content (AvgIpc) is 2.39. The van der Waals surface area contributed by atoms with E-state index >= 15 is 0 Å². The Labute approximate surface area is 114 Å². The van der Waals surface area contributed by atoms with Crippen LogP contribution in [0.15, 0.2) is 24.3 Å². The summed E-state index contributed by atoms with van der Waals surface area (Å²) in [5.74, 6) is 0. The SMILES string of the molecule is CN(C)c1ccc(C2(C3CNCCO3)COC2)cc1. The minimum atomic E-state index is 0.0399. The molecule has 104 valence electrons. The van der Waals surface area contributed by atoms with E-state index in [1.54, 1.807) is 0 Å². The van der Waals surface area contributed by atoms with Gasteiger partial charge >= 0.3 is 0 Å². The molecule has 1 aromatic carbocycles. The normalized spacial score (nSPS) is 25.7. The maximum atomic E-state index is 5.96. The molecule has 4 nitrogen and oxygen atoms in total. The molecule has 19 heavy (non-hydrogen) atoms. The largest absolute Gasteiger partial charge is 0.379 e. The molecule has 2 fully saturated rings. The van der Waals surface area contributed by atoms with E-state index in [1.165, 1.54) is 11.3 Å². The fourth-order valence-electron chi connectivity index (χ4n) is 2.87. The van der Waals surface area contributed by atoms with Crippen LogP contribution in [-0.2, 0) is 14.9 Å². The lowest BCUT2D eigenvalue weighted by Crippen LogP contribution is -2.61. The molecule has 1 atom stereocenters. The van der Waals surface area contributed by atoms with Crippen LogP contribution in [-0.4, -0.2) is 53.1 Å². The molecule has 0 spiro atoms. The molecule has 0 amide bonds. The fourth-order valence-corrected chi connectivity index (χ4v) is 2.87. The van der Waals surface area contributed by atoms with E-state index in [-0.39, 0.29) is 11.5 Å². The van der Waals surface area contributed by atoms with Crippen molar-refractivity contribution in [3.63, 3.8) is 0 Å². The Bertz CT molecular complexity index is 420. The first kappa shape index (κ1) is 12.9. The molecule has 2 heterocycles. The maximum Gasteiger partial charge on any atom is 0.0841 e. The first-order valence-corrected chi connectivity index (χ1v) is 6.90. The Morgan fingerprint density at radius 3 is 2.42 bits per heavy atom. The molecule has 2 saturated heterocycles. The third-order valence-electron chi connectivity index (χ3n) is 4.22. The second-order valence-electron chi connectivity index (χ2n) is 5.65. The molecule has 0 aromatic heterocycles. The number of hydrogen-bond donors (Lipinski definition) is 1. The van der Waals surface area contributed by atoms with Gasteiger partial charge in [0, 0.05) is 32.9 Å². The van der Waals surface area contributed by atoms with Crippen LogP contribution in [0.4, 0.5) is 5.69 Å². The van der Waals surface area contributed by atoms with Crippen molar-refractivity contribution in [1.29, 1.82) is 0 Å². The van der Waals surface area contributed by atoms with Gasteiger partial charge < -0.3 is 19.7 Å². The number of anilines is 1. The highest BCUT2D eigenvalue weighted by molar-refractivity contribution is 5.48. The first-order valence-electron chi connectivity index (χ1n) is 6.90. The second-order valence-corrected chi connectivity index (χ2v) is 5.65. The van der Waals surface area contributed by atoms with Crippen LogP contribution in [0.25, 0.3) is 0 Å². The Morgan fingerprint density at radius 1 is 1.21 bits per heavy atom. The van der Waals surface area contributed by atoms with Crippen LogP contribution >= 0.6 is 0 Å². The summed E-state index contributed by atoms with van der Waals surface area (Å²) in [6.07, 6.45) is 0.222. The standard InChI is InChI=1S/C15H22N2O2/c1-17(2)13-5-3-12(4-6-13)15(10-18-11-15)14-9-16-7-8-19-14/h3-6,14,16H,7-11H2,1-2H3. The zero-order chi connectivity index (χ0) is 13.3. The van der Waals surface area contributed by atoms with Crippen LogP contribution < -0.4 is 10.2 Å². The lowest BCUT2D eigenvalue weighted by atomic mass is 9.73. The van der Waals surface area contributed by atoms with E-state index in [1.807, 2.05) is 0 Å². The summed E-state index contributed by atoms with van der Waals surface area (Å²) < 4.78 is 11.5. The highest BCUT2D eigenvalue weighted by Gasteiger charge is 2.48. The number of hydrogen-bond acceptors (Lipinski definition) is 4. The van der Waals surface area contributed by atoms with Gasteiger partial charge in [-0.1, -0.05) is 12.1 Å². The van der Waals surface area contributed by atoms with E-state index in [0.717, 1.165) is 32.9 Å². The predicted octanol–water partition coefficient (Wildman–Crippen LogP) is 1.01. The number of morpholine rings is 1. The summed E-state index contributed by atoms with van der Waals surface area (Å²) in [5.41, 5.74) is 2.60. The second kappa shape index (κ2) is 5.12. The Balaban J connectivity index is 1.84. The number of nitrogens with one attached hydrogen (secondary N) is 1. The molecule has 2 aliphatic heterocycles. The van der Waals surface area contributed by atoms with Crippen LogP contribution in [0.3, 0.4) is 0 Å². The molecule has 0 radical (unpaired) electrons. The van der Waals surface area contributed by atoms with E-state index in [2.05, 4.69) is 48.6 Å². The minimum absolute atomic E-state index is 0.0399.